The minimum absolute atomic E-state index is 0.0104. The maximum Gasteiger partial charge on any atom is 0.309 e. The van der Waals surface area contributed by atoms with E-state index in [1.54, 1.807) is 0 Å². The Balaban J connectivity index is 1.13. The molecule has 0 aromatic heterocycles. The van der Waals surface area contributed by atoms with Gasteiger partial charge in [0.15, 0.2) is 5.60 Å². The lowest BCUT2D eigenvalue weighted by Crippen LogP contribution is -2.61. The van der Waals surface area contributed by atoms with E-state index >= 15 is 0 Å². The van der Waals surface area contributed by atoms with Gasteiger partial charge in [-0.2, -0.15) is 0 Å². The molecule has 0 amide bonds. The number of carbonyl (C=O) groups is 1. The minimum atomic E-state index is -0.702. The number of hydrogen-bond donors (Lipinski definition) is 1. The Bertz CT molecular complexity index is 1100. The van der Waals surface area contributed by atoms with Crippen LogP contribution in [0.4, 0.5) is 0 Å². The molecule has 7 heteroatoms. The average Bonchev–Trinajstić information content (AvgIpc) is 3.25. The quantitative estimate of drug-likeness (QED) is 0.655. The second-order valence-corrected chi connectivity index (χ2v) is 10.8. The SMILES string of the molecule is Cc1cc(CN2CC3(CC(N4CCC(C)(C(=O)O)CC4)=NO3)C2)cc(OC(C)c2ccccc2)c1. The summed E-state index contributed by atoms with van der Waals surface area (Å²) in [5.41, 5.74) is 2.72. The van der Waals surface area contributed by atoms with Gasteiger partial charge in [0.2, 0.25) is 0 Å². The fraction of sp³-hybridized carbons (Fsp3) is 0.500. The molecule has 0 bridgehead atoms. The molecule has 3 heterocycles. The van der Waals surface area contributed by atoms with Crippen LogP contribution in [-0.2, 0) is 16.2 Å². The third-order valence-electron chi connectivity index (χ3n) is 7.70. The van der Waals surface area contributed by atoms with Gasteiger partial charge in [-0.1, -0.05) is 41.6 Å². The van der Waals surface area contributed by atoms with Gasteiger partial charge in [0.05, 0.1) is 11.8 Å². The Kier molecular flexibility index (Phi) is 6.21. The lowest BCUT2D eigenvalue weighted by molar-refractivity contribution is -0.150. The van der Waals surface area contributed by atoms with Gasteiger partial charge in [-0.05, 0) is 62.4 Å². The van der Waals surface area contributed by atoms with Gasteiger partial charge in [0, 0.05) is 32.7 Å². The molecule has 2 fully saturated rings. The number of aliphatic carboxylic acids is 1. The van der Waals surface area contributed by atoms with Gasteiger partial charge in [0.1, 0.15) is 17.7 Å². The fourth-order valence-corrected chi connectivity index (χ4v) is 5.43. The van der Waals surface area contributed by atoms with Crippen LogP contribution >= 0.6 is 0 Å². The van der Waals surface area contributed by atoms with Crippen molar-refractivity contribution in [1.29, 1.82) is 0 Å². The Morgan fingerprint density at radius 1 is 1.17 bits per heavy atom. The molecule has 1 atom stereocenters. The number of carboxylic acids is 1. The van der Waals surface area contributed by atoms with Gasteiger partial charge in [-0.15, -0.1) is 0 Å². The predicted molar refractivity (Wildman–Crippen MR) is 134 cm³/mol. The highest BCUT2D eigenvalue weighted by Crippen LogP contribution is 2.38. The van der Waals surface area contributed by atoms with E-state index in [0.29, 0.717) is 12.8 Å². The Morgan fingerprint density at radius 2 is 1.89 bits per heavy atom. The number of benzene rings is 2. The van der Waals surface area contributed by atoms with Crippen LogP contribution in [0.1, 0.15) is 55.9 Å². The summed E-state index contributed by atoms with van der Waals surface area (Å²) in [6, 6.07) is 16.7. The van der Waals surface area contributed by atoms with Crippen LogP contribution in [-0.4, -0.2) is 58.5 Å². The summed E-state index contributed by atoms with van der Waals surface area (Å²) < 4.78 is 6.26. The largest absolute Gasteiger partial charge is 0.486 e. The van der Waals surface area contributed by atoms with Crippen LogP contribution in [0, 0.1) is 12.3 Å². The predicted octanol–water partition coefficient (Wildman–Crippen LogP) is 4.61. The summed E-state index contributed by atoms with van der Waals surface area (Å²) in [5.74, 6) is 1.16. The minimum Gasteiger partial charge on any atom is -0.486 e. The second kappa shape index (κ2) is 9.19. The number of aryl methyl sites for hydroxylation is 1. The lowest BCUT2D eigenvalue weighted by atomic mass is 9.80. The van der Waals surface area contributed by atoms with Crippen LogP contribution in [0.5, 0.6) is 5.75 Å². The first-order valence-electron chi connectivity index (χ1n) is 12.5. The van der Waals surface area contributed by atoms with Crippen LogP contribution in [0.2, 0.25) is 0 Å². The number of amidine groups is 1. The van der Waals surface area contributed by atoms with E-state index in [4.69, 9.17) is 9.57 Å². The van der Waals surface area contributed by atoms with Crippen LogP contribution < -0.4 is 4.74 Å². The summed E-state index contributed by atoms with van der Waals surface area (Å²) in [6.07, 6.45) is 2.07. The van der Waals surface area contributed by atoms with E-state index in [0.717, 1.165) is 56.3 Å². The van der Waals surface area contributed by atoms with E-state index in [1.165, 1.54) is 11.1 Å². The molecule has 2 aromatic rings. The zero-order valence-electron chi connectivity index (χ0n) is 20.9. The van der Waals surface area contributed by atoms with Crippen LogP contribution in [0.3, 0.4) is 0 Å². The van der Waals surface area contributed by atoms with E-state index < -0.39 is 11.4 Å². The maximum atomic E-state index is 11.5. The van der Waals surface area contributed by atoms with Crippen molar-refractivity contribution in [3.63, 3.8) is 0 Å². The maximum absolute atomic E-state index is 11.5. The van der Waals surface area contributed by atoms with E-state index in [2.05, 4.69) is 59.1 Å². The molecule has 0 saturated carbocycles. The number of oxime groups is 1. The first kappa shape index (κ1) is 23.7. The summed E-state index contributed by atoms with van der Waals surface area (Å²) >= 11 is 0. The molecule has 35 heavy (non-hydrogen) atoms. The van der Waals surface area contributed by atoms with Crippen LogP contribution in [0.25, 0.3) is 0 Å². The van der Waals surface area contributed by atoms with Crippen molar-refractivity contribution in [2.45, 2.75) is 58.3 Å². The molecule has 2 saturated heterocycles. The van der Waals surface area contributed by atoms with Gasteiger partial charge in [-0.3, -0.25) is 9.69 Å². The summed E-state index contributed by atoms with van der Waals surface area (Å²) in [5, 5.41) is 13.9. The smallest absolute Gasteiger partial charge is 0.309 e. The Hall–Kier alpha value is -3.06. The van der Waals surface area contributed by atoms with Crippen molar-refractivity contribution in [3.8, 4) is 5.75 Å². The number of rotatable bonds is 6. The molecule has 186 valence electrons. The number of likely N-dealkylation sites (tertiary alicyclic amines) is 2. The molecule has 3 aliphatic heterocycles. The van der Waals surface area contributed by atoms with Crippen molar-refractivity contribution < 1.29 is 19.5 Å². The van der Waals surface area contributed by atoms with E-state index in [9.17, 15) is 9.90 Å². The lowest BCUT2D eigenvalue weighted by Gasteiger charge is -2.45. The topological polar surface area (TPSA) is 74.6 Å². The number of piperidine rings is 1. The van der Waals surface area contributed by atoms with E-state index in [1.807, 2.05) is 25.1 Å². The van der Waals surface area contributed by atoms with Gasteiger partial charge >= 0.3 is 5.97 Å². The summed E-state index contributed by atoms with van der Waals surface area (Å²) in [6.45, 7) is 9.99. The standard InChI is InChI=1S/C28H35N3O4/c1-20-13-22(15-24(14-20)34-21(2)23-7-5-4-6-8-23)17-30-18-28(19-30)16-25(29-35-28)31-11-9-27(3,10-12-31)26(32)33/h4-8,13-15,21H,9-12,16-19H2,1-3H3,(H,32,33). The molecule has 0 aliphatic carbocycles. The molecule has 1 unspecified atom stereocenters. The van der Waals surface area contributed by atoms with Crippen LogP contribution in [0.15, 0.2) is 53.7 Å². The Morgan fingerprint density at radius 3 is 2.57 bits per heavy atom. The van der Waals surface area contributed by atoms with Crippen molar-refractivity contribution in [2.75, 3.05) is 26.2 Å². The van der Waals surface area contributed by atoms with Crippen molar-refractivity contribution >= 4 is 11.8 Å². The highest BCUT2D eigenvalue weighted by atomic mass is 16.7. The number of nitrogens with zero attached hydrogens (tertiary/aromatic N) is 3. The molecule has 7 nitrogen and oxygen atoms in total. The molecular formula is C28H35N3O4. The first-order chi connectivity index (χ1) is 16.7. The highest BCUT2D eigenvalue weighted by molar-refractivity contribution is 5.85. The third-order valence-corrected chi connectivity index (χ3v) is 7.70. The van der Waals surface area contributed by atoms with Crippen molar-refractivity contribution in [1.82, 2.24) is 9.80 Å². The van der Waals surface area contributed by atoms with Gasteiger partial charge in [-0.25, -0.2) is 0 Å². The highest BCUT2D eigenvalue weighted by Gasteiger charge is 2.51. The van der Waals surface area contributed by atoms with Gasteiger partial charge < -0.3 is 19.6 Å². The number of carboxylic acid groups (broad SMARTS) is 1. The molecule has 3 aliphatic rings. The number of hydrogen-bond acceptors (Lipinski definition) is 6. The Labute approximate surface area is 207 Å². The third kappa shape index (κ3) is 5.01. The molecular weight excluding hydrogens is 442 g/mol. The molecule has 1 N–H and O–H groups in total. The van der Waals surface area contributed by atoms with E-state index in [-0.39, 0.29) is 11.7 Å². The molecule has 0 radical (unpaired) electrons. The number of ether oxygens (including phenoxy) is 1. The monoisotopic (exact) mass is 477 g/mol. The second-order valence-electron chi connectivity index (χ2n) is 10.8. The zero-order valence-corrected chi connectivity index (χ0v) is 20.9. The zero-order chi connectivity index (χ0) is 24.6. The first-order valence-corrected chi connectivity index (χ1v) is 12.5. The summed E-state index contributed by atoms with van der Waals surface area (Å²) in [7, 11) is 0. The molecule has 1 spiro atoms. The average molecular weight is 478 g/mol. The fourth-order valence-electron chi connectivity index (χ4n) is 5.43. The van der Waals surface area contributed by atoms with Crippen molar-refractivity contribution in [3.05, 3.63) is 65.2 Å². The van der Waals surface area contributed by atoms with Gasteiger partial charge in [0.25, 0.3) is 0 Å². The molecule has 5 rings (SSSR count). The normalized spacial score (nSPS) is 21.7. The summed E-state index contributed by atoms with van der Waals surface area (Å²) in [4.78, 5) is 22.0. The molecule has 2 aromatic carbocycles. The van der Waals surface area contributed by atoms with Crippen molar-refractivity contribution in [2.24, 2.45) is 10.6 Å².